The van der Waals surface area contributed by atoms with Gasteiger partial charge in [-0.05, 0) is 62.4 Å². The van der Waals surface area contributed by atoms with Gasteiger partial charge in [0.05, 0.1) is 11.4 Å². The molecule has 1 aliphatic heterocycles. The van der Waals surface area contributed by atoms with Gasteiger partial charge in [-0.3, -0.25) is 14.6 Å². The van der Waals surface area contributed by atoms with Crippen LogP contribution >= 0.6 is 11.3 Å². The van der Waals surface area contributed by atoms with Gasteiger partial charge < -0.3 is 0 Å². The van der Waals surface area contributed by atoms with Crippen LogP contribution in [0.4, 0.5) is 5.13 Å². The minimum absolute atomic E-state index is 0.0438. The maximum atomic E-state index is 13.5. The molecule has 0 bridgehead atoms. The number of hydrogen-bond donors (Lipinski definition) is 0. The number of hydrogen-bond acceptors (Lipinski definition) is 6. The Balaban J connectivity index is 1.71. The van der Waals surface area contributed by atoms with Crippen molar-refractivity contribution < 1.29 is 13.2 Å². The van der Waals surface area contributed by atoms with Gasteiger partial charge in [0, 0.05) is 44.8 Å². The molecule has 1 saturated heterocycles. The van der Waals surface area contributed by atoms with E-state index in [1.54, 1.807) is 22.4 Å². The molecule has 0 unspecified atom stereocenters. The average molecular weight is 451 g/mol. The maximum Gasteiger partial charge on any atom is 0.243 e. The molecule has 2 heterocycles. The number of aromatic nitrogens is 1. The average Bonchev–Trinajstić information content (AvgIpc) is 3.25. The number of sulfonamides is 1. The van der Waals surface area contributed by atoms with E-state index in [4.69, 9.17) is 0 Å². The lowest BCUT2D eigenvalue weighted by atomic mass is 9.95. The number of anilines is 1. The van der Waals surface area contributed by atoms with Crippen LogP contribution in [0.15, 0.2) is 16.5 Å². The van der Waals surface area contributed by atoms with Gasteiger partial charge in [-0.15, -0.1) is 11.3 Å². The maximum absolute atomic E-state index is 13.5. The molecule has 1 aliphatic rings. The third kappa shape index (κ3) is 4.16. The van der Waals surface area contributed by atoms with Crippen molar-refractivity contribution in [3.8, 4) is 0 Å². The van der Waals surface area contributed by atoms with Gasteiger partial charge in [0.2, 0.25) is 15.9 Å². The number of amides is 1. The molecule has 9 heteroatoms. The SMILES string of the molecule is Cc1c(C)c(C)c(S(=O)(=O)N2CCN(CC(=O)N(C)c3nccs3)CC2)c(C)c1C. The molecule has 1 amide bonds. The van der Waals surface area contributed by atoms with Crippen LogP contribution in [-0.2, 0) is 14.8 Å². The highest BCUT2D eigenvalue weighted by Crippen LogP contribution is 2.32. The summed E-state index contributed by atoms with van der Waals surface area (Å²) in [6.07, 6.45) is 1.67. The molecule has 3 rings (SSSR count). The third-order valence-corrected chi connectivity index (χ3v) is 9.32. The molecule has 0 spiro atoms. The van der Waals surface area contributed by atoms with Gasteiger partial charge in [0.25, 0.3) is 0 Å². The summed E-state index contributed by atoms with van der Waals surface area (Å²) >= 11 is 1.42. The lowest BCUT2D eigenvalue weighted by molar-refractivity contribution is -0.119. The molecule has 30 heavy (non-hydrogen) atoms. The van der Waals surface area contributed by atoms with Crippen molar-refractivity contribution in [2.45, 2.75) is 39.5 Å². The van der Waals surface area contributed by atoms with E-state index in [-0.39, 0.29) is 12.5 Å². The number of rotatable bonds is 5. The van der Waals surface area contributed by atoms with Crippen molar-refractivity contribution in [3.05, 3.63) is 39.4 Å². The number of likely N-dealkylation sites (N-methyl/N-ethyl adjacent to an activating group) is 1. The second-order valence-corrected chi connectivity index (χ2v) is 10.6. The Morgan fingerprint density at radius 3 is 2.03 bits per heavy atom. The Morgan fingerprint density at radius 1 is 1.00 bits per heavy atom. The Kier molecular flexibility index (Phi) is 6.66. The standard InChI is InChI=1S/C21H30N4O3S2/c1-14-15(2)17(4)20(18(5)16(14)3)30(27,28)25-10-8-24(9-11-25)13-19(26)23(6)21-22-7-12-29-21/h7,12H,8-11,13H2,1-6H3. The van der Waals surface area contributed by atoms with Crippen molar-refractivity contribution in [2.24, 2.45) is 0 Å². The van der Waals surface area contributed by atoms with Gasteiger partial charge in [0.15, 0.2) is 5.13 Å². The predicted molar refractivity (Wildman–Crippen MR) is 121 cm³/mol. The molecule has 0 N–H and O–H groups in total. The Bertz CT molecular complexity index is 1010. The van der Waals surface area contributed by atoms with E-state index in [9.17, 15) is 13.2 Å². The van der Waals surface area contributed by atoms with Gasteiger partial charge in [-0.1, -0.05) is 0 Å². The first-order chi connectivity index (χ1) is 14.1. The molecule has 0 saturated carbocycles. The lowest BCUT2D eigenvalue weighted by Crippen LogP contribution is -2.51. The minimum Gasteiger partial charge on any atom is -0.292 e. The number of piperazine rings is 1. The summed E-state index contributed by atoms with van der Waals surface area (Å²) in [5.74, 6) is -0.0438. The van der Waals surface area contributed by atoms with Crippen LogP contribution < -0.4 is 4.90 Å². The molecule has 7 nitrogen and oxygen atoms in total. The second kappa shape index (κ2) is 8.74. The fourth-order valence-electron chi connectivity index (χ4n) is 3.90. The minimum atomic E-state index is -3.59. The quantitative estimate of drug-likeness (QED) is 0.700. The van der Waals surface area contributed by atoms with Crippen molar-refractivity contribution in [2.75, 3.05) is 44.7 Å². The van der Waals surface area contributed by atoms with E-state index in [2.05, 4.69) is 4.98 Å². The molecular formula is C21H30N4O3S2. The van der Waals surface area contributed by atoms with Crippen molar-refractivity contribution in [1.82, 2.24) is 14.2 Å². The topological polar surface area (TPSA) is 73.8 Å². The van der Waals surface area contributed by atoms with Gasteiger partial charge >= 0.3 is 0 Å². The summed E-state index contributed by atoms with van der Waals surface area (Å²) in [4.78, 5) is 20.7. The van der Waals surface area contributed by atoms with E-state index < -0.39 is 10.0 Å². The van der Waals surface area contributed by atoms with Crippen molar-refractivity contribution in [3.63, 3.8) is 0 Å². The van der Waals surface area contributed by atoms with Gasteiger partial charge in [0.1, 0.15) is 0 Å². The van der Waals surface area contributed by atoms with Crippen LogP contribution in [0.25, 0.3) is 0 Å². The summed E-state index contributed by atoms with van der Waals surface area (Å²) in [5.41, 5.74) is 4.88. The molecule has 1 aromatic heterocycles. The highest BCUT2D eigenvalue weighted by molar-refractivity contribution is 7.89. The first kappa shape index (κ1) is 22.9. The van der Waals surface area contributed by atoms with Crippen LogP contribution in [0.2, 0.25) is 0 Å². The third-order valence-electron chi connectivity index (χ3n) is 6.30. The number of nitrogens with zero attached hydrogens (tertiary/aromatic N) is 4. The number of carbonyl (C=O) groups excluding carboxylic acids is 1. The fraction of sp³-hybridized carbons (Fsp3) is 0.524. The van der Waals surface area contributed by atoms with Crippen LogP contribution in [0.1, 0.15) is 27.8 Å². The Labute approximate surface area is 183 Å². The summed E-state index contributed by atoms with van der Waals surface area (Å²) in [7, 11) is -1.87. The lowest BCUT2D eigenvalue weighted by Gasteiger charge is -2.35. The van der Waals surface area contributed by atoms with E-state index in [0.717, 1.165) is 27.8 Å². The van der Waals surface area contributed by atoms with Gasteiger partial charge in [-0.25, -0.2) is 13.4 Å². The molecule has 2 aromatic rings. The summed E-state index contributed by atoms with van der Waals surface area (Å²) in [5, 5.41) is 2.50. The highest BCUT2D eigenvalue weighted by atomic mass is 32.2. The molecule has 164 valence electrons. The highest BCUT2D eigenvalue weighted by Gasteiger charge is 2.33. The van der Waals surface area contributed by atoms with Gasteiger partial charge in [-0.2, -0.15) is 4.31 Å². The summed E-state index contributed by atoms with van der Waals surface area (Å²) in [6.45, 7) is 11.9. The van der Waals surface area contributed by atoms with E-state index in [0.29, 0.717) is 36.2 Å². The fourth-order valence-corrected chi connectivity index (χ4v) is 6.50. The van der Waals surface area contributed by atoms with E-state index in [1.165, 1.54) is 11.3 Å². The monoisotopic (exact) mass is 450 g/mol. The molecule has 1 fully saturated rings. The molecule has 0 aliphatic carbocycles. The number of carbonyl (C=O) groups is 1. The Morgan fingerprint density at radius 2 is 1.53 bits per heavy atom. The number of thiazole rings is 1. The normalized spacial score (nSPS) is 16.1. The number of benzene rings is 1. The first-order valence-electron chi connectivity index (χ1n) is 10.0. The summed E-state index contributed by atoms with van der Waals surface area (Å²) < 4.78 is 28.5. The second-order valence-electron chi connectivity index (χ2n) is 7.90. The molecule has 0 radical (unpaired) electrons. The smallest absolute Gasteiger partial charge is 0.243 e. The van der Waals surface area contributed by atoms with Crippen LogP contribution in [-0.4, -0.2) is 68.3 Å². The summed E-state index contributed by atoms with van der Waals surface area (Å²) in [6, 6.07) is 0. The zero-order valence-corrected chi connectivity index (χ0v) is 20.2. The molecule has 0 atom stereocenters. The van der Waals surface area contributed by atoms with Crippen LogP contribution in [0.3, 0.4) is 0 Å². The van der Waals surface area contributed by atoms with Crippen molar-refractivity contribution >= 4 is 32.4 Å². The zero-order valence-electron chi connectivity index (χ0n) is 18.5. The van der Waals surface area contributed by atoms with Crippen LogP contribution in [0, 0.1) is 34.6 Å². The Hall–Kier alpha value is -1.81. The molecule has 1 aromatic carbocycles. The predicted octanol–water partition coefficient (Wildman–Crippen LogP) is 2.65. The van der Waals surface area contributed by atoms with E-state index >= 15 is 0 Å². The molecular weight excluding hydrogens is 420 g/mol. The largest absolute Gasteiger partial charge is 0.292 e. The van der Waals surface area contributed by atoms with E-state index in [1.807, 2.05) is 44.9 Å². The zero-order chi connectivity index (χ0) is 22.2. The van der Waals surface area contributed by atoms with Crippen LogP contribution in [0.5, 0.6) is 0 Å². The first-order valence-corrected chi connectivity index (χ1v) is 12.3. The van der Waals surface area contributed by atoms with Crippen molar-refractivity contribution in [1.29, 1.82) is 0 Å².